The number of para-hydroxylation sites is 1. The van der Waals surface area contributed by atoms with Gasteiger partial charge >= 0.3 is 0 Å². The van der Waals surface area contributed by atoms with Gasteiger partial charge in [0.25, 0.3) is 0 Å². The lowest BCUT2D eigenvalue weighted by Crippen LogP contribution is -2.29. The largest absolute Gasteiger partial charge is 0.436 e. The third kappa shape index (κ3) is 4.07. The number of hydrogen-bond acceptors (Lipinski definition) is 5. The van der Waals surface area contributed by atoms with Crippen molar-refractivity contribution in [2.45, 2.75) is 6.92 Å². The van der Waals surface area contributed by atoms with E-state index in [1.807, 2.05) is 85.8 Å². The monoisotopic (exact) mass is 459 g/mol. The molecule has 4 aromatic rings. The second-order valence-corrected chi connectivity index (χ2v) is 8.73. The Kier molecular flexibility index (Phi) is 5.55. The number of amides is 1. The molecule has 0 bridgehead atoms. The first-order chi connectivity index (χ1) is 15.6. The average Bonchev–Trinajstić information content (AvgIpc) is 3.18. The highest BCUT2D eigenvalue weighted by Gasteiger charge is 2.30. The minimum Gasteiger partial charge on any atom is -0.436 e. The molecule has 5 rings (SSSR count). The standard InChI is InChI=1S/C25H18ClN3O2S/c1-16-5-4-7-20(13-16)29-23(30)15-32-25(29)28-27-24-21(17-9-11-19(26)12-10-17)14-18-6-2-3-8-22(18)31-24/h2-14H,15H2,1H3/b27-24+,28-25+. The predicted molar refractivity (Wildman–Crippen MR) is 131 cm³/mol. The van der Waals surface area contributed by atoms with Crippen LogP contribution in [0.4, 0.5) is 5.69 Å². The van der Waals surface area contributed by atoms with Crippen molar-refractivity contribution in [3.63, 3.8) is 0 Å². The number of benzene rings is 3. The summed E-state index contributed by atoms with van der Waals surface area (Å²) in [6, 6.07) is 25.0. The van der Waals surface area contributed by atoms with Crippen LogP contribution in [0.1, 0.15) is 5.56 Å². The molecule has 7 heteroatoms. The van der Waals surface area contributed by atoms with Crippen molar-refractivity contribution in [3.8, 4) is 11.1 Å². The van der Waals surface area contributed by atoms with Gasteiger partial charge in [-0.05, 0) is 54.4 Å². The Hall–Kier alpha value is -3.35. The highest BCUT2D eigenvalue weighted by Crippen LogP contribution is 2.28. The molecule has 0 aliphatic carbocycles. The van der Waals surface area contributed by atoms with Crippen LogP contribution in [0, 0.1) is 6.92 Å². The highest BCUT2D eigenvalue weighted by atomic mass is 35.5. The van der Waals surface area contributed by atoms with Gasteiger partial charge in [0.2, 0.25) is 11.5 Å². The van der Waals surface area contributed by atoms with Crippen molar-refractivity contribution >= 4 is 51.1 Å². The average molecular weight is 460 g/mol. The van der Waals surface area contributed by atoms with Gasteiger partial charge in [0, 0.05) is 16.0 Å². The minimum absolute atomic E-state index is 0.0251. The van der Waals surface area contributed by atoms with E-state index in [-0.39, 0.29) is 5.91 Å². The number of thioether (sulfide) groups is 1. The molecule has 32 heavy (non-hydrogen) atoms. The van der Waals surface area contributed by atoms with E-state index in [9.17, 15) is 4.79 Å². The fourth-order valence-corrected chi connectivity index (χ4v) is 4.47. The summed E-state index contributed by atoms with van der Waals surface area (Å²) in [5, 5.41) is 11.0. The van der Waals surface area contributed by atoms with Crippen LogP contribution in [0.15, 0.2) is 93.5 Å². The molecule has 5 nitrogen and oxygen atoms in total. The Balaban J connectivity index is 1.65. The Morgan fingerprint density at radius 3 is 2.59 bits per heavy atom. The zero-order chi connectivity index (χ0) is 22.1. The smallest absolute Gasteiger partial charge is 0.246 e. The molecule has 0 saturated carbocycles. The van der Waals surface area contributed by atoms with Crippen molar-refractivity contribution in [2.24, 2.45) is 10.2 Å². The first kappa shape index (κ1) is 20.5. The molecule has 1 aliphatic heterocycles. The summed E-state index contributed by atoms with van der Waals surface area (Å²) in [4.78, 5) is 14.2. The van der Waals surface area contributed by atoms with Crippen LogP contribution in [0.25, 0.3) is 22.1 Å². The molecule has 158 valence electrons. The normalized spacial score (nSPS) is 15.8. The van der Waals surface area contributed by atoms with Crippen LogP contribution >= 0.6 is 23.4 Å². The van der Waals surface area contributed by atoms with Crippen LogP contribution in [0.2, 0.25) is 5.02 Å². The summed E-state index contributed by atoms with van der Waals surface area (Å²) in [6.45, 7) is 1.99. The second-order valence-electron chi connectivity index (χ2n) is 7.35. The molecule has 0 atom stereocenters. The van der Waals surface area contributed by atoms with Crippen molar-refractivity contribution in [3.05, 3.63) is 95.0 Å². The Morgan fingerprint density at radius 1 is 0.969 bits per heavy atom. The summed E-state index contributed by atoms with van der Waals surface area (Å²) in [5.74, 6) is 0.296. The molecule has 1 fully saturated rings. The first-order valence-corrected chi connectivity index (χ1v) is 11.4. The second kappa shape index (κ2) is 8.65. The third-order valence-corrected chi connectivity index (χ3v) is 6.23. The van der Waals surface area contributed by atoms with E-state index in [4.69, 9.17) is 16.0 Å². The fraction of sp³-hybridized carbons (Fsp3) is 0.0800. The molecular formula is C25H18ClN3O2S. The van der Waals surface area contributed by atoms with E-state index in [0.717, 1.165) is 27.8 Å². The molecule has 0 radical (unpaired) electrons. The maximum Gasteiger partial charge on any atom is 0.246 e. The zero-order valence-corrected chi connectivity index (χ0v) is 18.7. The van der Waals surface area contributed by atoms with Crippen molar-refractivity contribution < 1.29 is 9.21 Å². The van der Waals surface area contributed by atoms with E-state index in [2.05, 4.69) is 10.2 Å². The Bertz CT molecular complexity index is 1430. The van der Waals surface area contributed by atoms with Crippen LogP contribution in [0.5, 0.6) is 0 Å². The van der Waals surface area contributed by atoms with Gasteiger partial charge < -0.3 is 4.42 Å². The van der Waals surface area contributed by atoms with E-state index >= 15 is 0 Å². The van der Waals surface area contributed by atoms with Crippen molar-refractivity contribution in [1.82, 2.24) is 0 Å². The van der Waals surface area contributed by atoms with E-state index in [1.54, 1.807) is 4.90 Å². The lowest BCUT2D eigenvalue weighted by Gasteiger charge is -2.15. The first-order valence-electron chi connectivity index (χ1n) is 10.0. The molecule has 1 amide bonds. The quantitative estimate of drug-likeness (QED) is 0.352. The minimum atomic E-state index is -0.0251. The summed E-state index contributed by atoms with van der Waals surface area (Å²) in [5.41, 5.74) is 4.62. The number of hydrogen-bond donors (Lipinski definition) is 0. The number of anilines is 1. The van der Waals surface area contributed by atoms with Crippen molar-refractivity contribution in [1.29, 1.82) is 0 Å². The van der Waals surface area contributed by atoms with Gasteiger partial charge in [-0.25, -0.2) is 0 Å². The van der Waals surface area contributed by atoms with Gasteiger partial charge in [0.05, 0.1) is 11.4 Å². The Morgan fingerprint density at radius 2 is 1.78 bits per heavy atom. The summed E-state index contributed by atoms with van der Waals surface area (Å²) >= 11 is 7.43. The summed E-state index contributed by atoms with van der Waals surface area (Å²) in [6.07, 6.45) is 0. The predicted octanol–water partition coefficient (Wildman–Crippen LogP) is 6.01. The summed E-state index contributed by atoms with van der Waals surface area (Å²) in [7, 11) is 0. The van der Waals surface area contributed by atoms with E-state index in [1.165, 1.54) is 11.8 Å². The van der Waals surface area contributed by atoms with Crippen LogP contribution in [-0.2, 0) is 4.79 Å². The van der Waals surface area contributed by atoms with Gasteiger partial charge in [0.15, 0.2) is 5.17 Å². The number of aryl methyl sites for hydroxylation is 1. The SMILES string of the molecule is Cc1cccc(N2C(=O)CS/C2=N/N=c2/oc3ccccc3cc2-c2ccc(Cl)cc2)c1. The summed E-state index contributed by atoms with van der Waals surface area (Å²) < 4.78 is 6.10. The van der Waals surface area contributed by atoms with Crippen molar-refractivity contribution in [2.75, 3.05) is 10.7 Å². The van der Waals surface area contributed by atoms with Crippen LogP contribution < -0.4 is 10.5 Å². The number of rotatable bonds is 3. The molecule has 2 heterocycles. The van der Waals surface area contributed by atoms with Gasteiger partial charge in [-0.1, -0.05) is 65.8 Å². The number of fused-ring (bicyclic) bond motifs is 1. The number of halogens is 1. The maximum absolute atomic E-state index is 12.5. The molecule has 0 spiro atoms. The number of amidine groups is 1. The van der Waals surface area contributed by atoms with Crippen LogP contribution in [0.3, 0.4) is 0 Å². The van der Waals surface area contributed by atoms with Gasteiger partial charge in [-0.3, -0.25) is 9.69 Å². The molecule has 3 aromatic carbocycles. The molecule has 1 aromatic heterocycles. The number of carbonyl (C=O) groups is 1. The third-order valence-electron chi connectivity index (χ3n) is 5.06. The molecular weight excluding hydrogens is 442 g/mol. The highest BCUT2D eigenvalue weighted by molar-refractivity contribution is 8.15. The molecule has 1 saturated heterocycles. The molecule has 0 unspecified atom stereocenters. The van der Waals surface area contributed by atoms with E-state index in [0.29, 0.717) is 27.1 Å². The number of carbonyl (C=O) groups excluding carboxylic acids is 1. The topological polar surface area (TPSA) is 58.2 Å². The van der Waals surface area contributed by atoms with Gasteiger partial charge in [-0.2, -0.15) is 0 Å². The lowest BCUT2D eigenvalue weighted by molar-refractivity contribution is -0.115. The van der Waals surface area contributed by atoms with Gasteiger partial charge in [0.1, 0.15) is 5.58 Å². The van der Waals surface area contributed by atoms with Gasteiger partial charge in [-0.15, -0.1) is 10.2 Å². The molecule has 0 N–H and O–H groups in total. The lowest BCUT2D eigenvalue weighted by atomic mass is 10.1. The van der Waals surface area contributed by atoms with E-state index < -0.39 is 0 Å². The fourth-order valence-electron chi connectivity index (χ4n) is 3.52. The Labute approximate surface area is 194 Å². The number of nitrogens with zero attached hydrogens (tertiary/aromatic N) is 3. The van der Waals surface area contributed by atoms with Crippen LogP contribution in [-0.4, -0.2) is 16.8 Å². The molecule has 1 aliphatic rings. The maximum atomic E-state index is 12.5. The zero-order valence-electron chi connectivity index (χ0n) is 17.2.